The molecule has 0 unspecified atom stereocenters. The van der Waals surface area contributed by atoms with Crippen LogP contribution in [0.4, 0.5) is 15.2 Å². The first-order chi connectivity index (χ1) is 11.0. The van der Waals surface area contributed by atoms with Gasteiger partial charge in [0.2, 0.25) is 0 Å². The molecule has 23 heavy (non-hydrogen) atoms. The lowest BCUT2D eigenvalue weighted by atomic mass is 10.1. The number of rotatable bonds is 3. The number of nitrogens with one attached hydrogen (secondary N) is 1. The number of fused-ring (bicyclic) bond motifs is 1. The van der Waals surface area contributed by atoms with E-state index in [1.54, 1.807) is 19.1 Å². The number of hydrogen-bond donors (Lipinski definition) is 1. The van der Waals surface area contributed by atoms with Gasteiger partial charge in [0.25, 0.3) is 11.6 Å². The quantitative estimate of drug-likeness (QED) is 0.582. The summed E-state index contributed by atoms with van der Waals surface area (Å²) in [6.45, 7) is 1.56. The number of hydrogen-bond acceptors (Lipinski definition) is 5. The summed E-state index contributed by atoms with van der Waals surface area (Å²) in [4.78, 5) is 27.0. The Hall–Kier alpha value is -2.87. The van der Waals surface area contributed by atoms with Crippen molar-refractivity contribution < 1.29 is 14.1 Å². The Labute approximate surface area is 133 Å². The van der Waals surface area contributed by atoms with E-state index in [0.29, 0.717) is 15.8 Å². The van der Waals surface area contributed by atoms with Crippen molar-refractivity contribution in [2.75, 3.05) is 5.32 Å². The maximum atomic E-state index is 13.2. The third-order valence-electron chi connectivity index (χ3n) is 3.24. The highest BCUT2D eigenvalue weighted by Crippen LogP contribution is 2.28. The molecule has 0 saturated heterocycles. The van der Waals surface area contributed by atoms with Gasteiger partial charge in [0, 0.05) is 5.56 Å². The molecule has 0 fully saturated rings. The van der Waals surface area contributed by atoms with Gasteiger partial charge in [0.1, 0.15) is 11.4 Å². The number of benzene rings is 2. The molecule has 6 nitrogen and oxygen atoms in total. The summed E-state index contributed by atoms with van der Waals surface area (Å²) in [7, 11) is 0. The SMILES string of the molecule is Cc1cccc(C(=O)Nc2nc3ccc(F)cc3s2)c1[N+](=O)[O-]. The third kappa shape index (κ3) is 2.88. The molecule has 0 aliphatic carbocycles. The summed E-state index contributed by atoms with van der Waals surface area (Å²) < 4.78 is 13.8. The predicted molar refractivity (Wildman–Crippen MR) is 85.4 cm³/mol. The van der Waals surface area contributed by atoms with Gasteiger partial charge in [0.15, 0.2) is 5.13 Å². The summed E-state index contributed by atoms with van der Waals surface area (Å²) in [5, 5.41) is 13.9. The Morgan fingerprint density at radius 1 is 1.35 bits per heavy atom. The highest BCUT2D eigenvalue weighted by molar-refractivity contribution is 7.22. The van der Waals surface area contributed by atoms with Crippen LogP contribution in [0, 0.1) is 22.9 Å². The molecule has 3 aromatic rings. The number of carbonyl (C=O) groups is 1. The fourth-order valence-corrected chi connectivity index (χ4v) is 3.09. The van der Waals surface area contributed by atoms with Gasteiger partial charge in [-0.05, 0) is 31.2 Å². The average molecular weight is 331 g/mol. The van der Waals surface area contributed by atoms with E-state index in [1.165, 1.54) is 24.3 Å². The van der Waals surface area contributed by atoms with E-state index in [4.69, 9.17) is 0 Å². The fourth-order valence-electron chi connectivity index (χ4n) is 2.20. The van der Waals surface area contributed by atoms with Crippen molar-refractivity contribution in [2.24, 2.45) is 0 Å². The van der Waals surface area contributed by atoms with Crippen LogP contribution in [0.3, 0.4) is 0 Å². The zero-order chi connectivity index (χ0) is 16.6. The van der Waals surface area contributed by atoms with Crippen LogP contribution in [0.5, 0.6) is 0 Å². The van der Waals surface area contributed by atoms with Crippen LogP contribution in [-0.4, -0.2) is 15.8 Å². The Bertz CT molecular complexity index is 939. The van der Waals surface area contributed by atoms with E-state index >= 15 is 0 Å². The minimum atomic E-state index is -0.625. The second kappa shape index (κ2) is 5.73. The van der Waals surface area contributed by atoms with Gasteiger partial charge in [-0.25, -0.2) is 9.37 Å². The number of nitrogens with zero attached hydrogens (tertiary/aromatic N) is 2. The normalized spacial score (nSPS) is 10.7. The van der Waals surface area contributed by atoms with Crippen molar-refractivity contribution in [3.8, 4) is 0 Å². The number of carbonyl (C=O) groups excluding carboxylic acids is 1. The molecular formula is C15H10FN3O3S. The fraction of sp³-hybridized carbons (Fsp3) is 0.0667. The molecule has 0 radical (unpaired) electrons. The summed E-state index contributed by atoms with van der Waals surface area (Å²) >= 11 is 1.10. The number of nitro benzene ring substituents is 1. The number of thiazole rings is 1. The van der Waals surface area contributed by atoms with Gasteiger partial charge in [0.05, 0.1) is 15.1 Å². The lowest BCUT2D eigenvalue weighted by Crippen LogP contribution is -2.14. The summed E-state index contributed by atoms with van der Waals surface area (Å²) in [5.74, 6) is -1.02. The molecule has 3 rings (SSSR count). The molecule has 1 aromatic heterocycles. The lowest BCUT2D eigenvalue weighted by Gasteiger charge is -2.04. The molecule has 2 aromatic carbocycles. The molecular weight excluding hydrogens is 321 g/mol. The average Bonchev–Trinajstić information content (AvgIpc) is 2.87. The molecule has 0 saturated carbocycles. The molecule has 0 bridgehead atoms. The summed E-state index contributed by atoms with van der Waals surface area (Å²) in [6.07, 6.45) is 0. The molecule has 116 valence electrons. The van der Waals surface area contributed by atoms with Gasteiger partial charge in [-0.1, -0.05) is 23.5 Å². The predicted octanol–water partition coefficient (Wildman–Crippen LogP) is 3.90. The zero-order valence-electron chi connectivity index (χ0n) is 11.9. The first-order valence-corrected chi connectivity index (χ1v) is 7.39. The highest BCUT2D eigenvalue weighted by atomic mass is 32.1. The monoisotopic (exact) mass is 331 g/mol. The van der Waals surface area contributed by atoms with Crippen LogP contribution < -0.4 is 5.32 Å². The van der Waals surface area contributed by atoms with E-state index in [9.17, 15) is 19.3 Å². The zero-order valence-corrected chi connectivity index (χ0v) is 12.7. The van der Waals surface area contributed by atoms with Gasteiger partial charge in [-0.2, -0.15) is 0 Å². The number of aromatic nitrogens is 1. The van der Waals surface area contributed by atoms with E-state index in [1.807, 2.05) is 0 Å². The maximum Gasteiger partial charge on any atom is 0.285 e. The summed E-state index contributed by atoms with van der Waals surface area (Å²) in [5.41, 5.74) is 0.664. The first kappa shape index (κ1) is 15.0. The van der Waals surface area contributed by atoms with Gasteiger partial charge in [-0.15, -0.1) is 0 Å². The summed E-state index contributed by atoms with van der Waals surface area (Å²) in [6, 6.07) is 8.62. The second-order valence-electron chi connectivity index (χ2n) is 4.81. The number of para-hydroxylation sites is 1. The number of aryl methyl sites for hydroxylation is 1. The molecule has 0 spiro atoms. The Kier molecular flexibility index (Phi) is 3.75. The number of halogens is 1. The van der Waals surface area contributed by atoms with E-state index < -0.39 is 16.6 Å². The van der Waals surface area contributed by atoms with Gasteiger partial charge in [-0.3, -0.25) is 20.2 Å². The van der Waals surface area contributed by atoms with Crippen LogP contribution in [0.25, 0.3) is 10.2 Å². The molecule has 8 heteroatoms. The van der Waals surface area contributed by atoms with Crippen LogP contribution in [0.2, 0.25) is 0 Å². The third-order valence-corrected chi connectivity index (χ3v) is 4.17. The molecule has 0 atom stereocenters. The van der Waals surface area contributed by atoms with Crippen LogP contribution in [-0.2, 0) is 0 Å². The van der Waals surface area contributed by atoms with Gasteiger partial charge < -0.3 is 0 Å². The number of anilines is 1. The van der Waals surface area contributed by atoms with Crippen LogP contribution in [0.1, 0.15) is 15.9 Å². The Morgan fingerprint density at radius 2 is 2.13 bits per heavy atom. The maximum absolute atomic E-state index is 13.2. The van der Waals surface area contributed by atoms with E-state index in [2.05, 4.69) is 10.3 Å². The molecule has 1 amide bonds. The highest BCUT2D eigenvalue weighted by Gasteiger charge is 2.23. The minimum absolute atomic E-state index is 0.0413. The largest absolute Gasteiger partial charge is 0.298 e. The lowest BCUT2D eigenvalue weighted by molar-refractivity contribution is -0.385. The Balaban J connectivity index is 1.95. The second-order valence-corrected chi connectivity index (χ2v) is 5.84. The topological polar surface area (TPSA) is 85.1 Å². The standard InChI is InChI=1S/C15H10FN3O3S/c1-8-3-2-4-10(13(8)19(21)22)14(20)18-15-17-11-6-5-9(16)7-12(11)23-15/h2-7H,1H3,(H,17,18,20). The van der Waals surface area contributed by atoms with Crippen molar-refractivity contribution in [3.05, 3.63) is 63.5 Å². The van der Waals surface area contributed by atoms with Crippen molar-refractivity contribution in [1.82, 2.24) is 4.98 Å². The molecule has 1 N–H and O–H groups in total. The molecule has 0 aliphatic rings. The van der Waals surface area contributed by atoms with Gasteiger partial charge >= 0.3 is 0 Å². The smallest absolute Gasteiger partial charge is 0.285 e. The first-order valence-electron chi connectivity index (χ1n) is 6.57. The van der Waals surface area contributed by atoms with Crippen LogP contribution in [0.15, 0.2) is 36.4 Å². The van der Waals surface area contributed by atoms with Crippen molar-refractivity contribution in [3.63, 3.8) is 0 Å². The Morgan fingerprint density at radius 3 is 2.87 bits per heavy atom. The molecule has 1 heterocycles. The number of amides is 1. The van der Waals surface area contributed by atoms with Crippen molar-refractivity contribution in [1.29, 1.82) is 0 Å². The van der Waals surface area contributed by atoms with E-state index in [-0.39, 0.29) is 16.4 Å². The van der Waals surface area contributed by atoms with Crippen LogP contribution >= 0.6 is 11.3 Å². The minimum Gasteiger partial charge on any atom is -0.298 e. The van der Waals surface area contributed by atoms with Crippen molar-refractivity contribution >= 4 is 38.3 Å². The number of nitro groups is 1. The van der Waals surface area contributed by atoms with Crippen molar-refractivity contribution in [2.45, 2.75) is 6.92 Å². The molecule has 0 aliphatic heterocycles. The van der Waals surface area contributed by atoms with E-state index in [0.717, 1.165) is 11.3 Å².